The minimum atomic E-state index is 0.348. The lowest BCUT2D eigenvalue weighted by Gasteiger charge is -2.17. The molecule has 1 aromatic rings. The highest BCUT2D eigenvalue weighted by Crippen LogP contribution is 2.25. The summed E-state index contributed by atoms with van der Waals surface area (Å²) in [5, 5.41) is 9.32. The number of aromatic hydroxyl groups is 1. The molecule has 1 fully saturated rings. The molecule has 1 aliphatic rings. The maximum Gasteiger partial charge on any atom is 0.116 e. The molecule has 0 unspecified atom stereocenters. The quantitative estimate of drug-likeness (QED) is 0.769. The molecule has 15 heavy (non-hydrogen) atoms. The second-order valence-corrected chi connectivity index (χ2v) is 4.35. The van der Waals surface area contributed by atoms with Gasteiger partial charge in [0, 0.05) is 0 Å². The smallest absolute Gasteiger partial charge is 0.116 e. The van der Waals surface area contributed by atoms with Crippen molar-refractivity contribution in [1.29, 1.82) is 0 Å². The van der Waals surface area contributed by atoms with Crippen molar-refractivity contribution >= 4 is 6.08 Å². The van der Waals surface area contributed by atoms with Gasteiger partial charge in [0.05, 0.1) is 0 Å². The number of hydrogen-bond donors (Lipinski definition) is 1. The lowest BCUT2D eigenvalue weighted by molar-refractivity contribution is 0.420. The molecule has 1 nitrogen and oxygen atoms in total. The van der Waals surface area contributed by atoms with Crippen LogP contribution in [0.1, 0.15) is 37.7 Å². The van der Waals surface area contributed by atoms with E-state index in [1.807, 2.05) is 12.1 Å². The van der Waals surface area contributed by atoms with Gasteiger partial charge in [0.1, 0.15) is 5.75 Å². The van der Waals surface area contributed by atoms with E-state index >= 15 is 0 Å². The van der Waals surface area contributed by atoms with Crippen LogP contribution in [0.25, 0.3) is 6.08 Å². The van der Waals surface area contributed by atoms with Crippen molar-refractivity contribution in [2.45, 2.75) is 32.1 Å². The Morgan fingerprint density at radius 1 is 1.13 bits per heavy atom. The van der Waals surface area contributed by atoms with Crippen LogP contribution in [0.2, 0.25) is 0 Å². The van der Waals surface area contributed by atoms with E-state index in [1.54, 1.807) is 12.1 Å². The van der Waals surface area contributed by atoms with Gasteiger partial charge in [0.25, 0.3) is 0 Å². The van der Waals surface area contributed by atoms with E-state index in [0.717, 1.165) is 11.5 Å². The van der Waals surface area contributed by atoms with E-state index in [-0.39, 0.29) is 0 Å². The molecule has 0 atom stereocenters. The van der Waals surface area contributed by atoms with Crippen molar-refractivity contribution < 1.29 is 5.11 Å². The number of phenols is 1. The first-order chi connectivity index (χ1) is 7.34. The van der Waals surface area contributed by atoms with Gasteiger partial charge in [-0.1, -0.05) is 43.5 Å². The molecular formula is C14H18O. The fourth-order valence-corrected chi connectivity index (χ4v) is 2.20. The lowest BCUT2D eigenvalue weighted by Crippen LogP contribution is -2.02. The minimum absolute atomic E-state index is 0.348. The molecule has 1 heteroatoms. The third kappa shape index (κ3) is 3.12. The highest BCUT2D eigenvalue weighted by molar-refractivity contribution is 5.51. The average Bonchev–Trinajstić information content (AvgIpc) is 2.28. The molecule has 80 valence electrons. The summed E-state index contributed by atoms with van der Waals surface area (Å²) < 4.78 is 0. The van der Waals surface area contributed by atoms with Gasteiger partial charge in [-0.05, 0) is 36.5 Å². The number of hydrogen-bond acceptors (Lipinski definition) is 1. The zero-order chi connectivity index (χ0) is 10.5. The van der Waals surface area contributed by atoms with Crippen molar-refractivity contribution in [2.24, 2.45) is 5.92 Å². The van der Waals surface area contributed by atoms with Crippen LogP contribution in [0.5, 0.6) is 5.75 Å². The standard InChI is InChI=1S/C14H18O/c15-14-8-4-7-13(11-14)10-9-12-5-2-1-3-6-12/h4,7-12,15H,1-3,5-6H2/b10-9+. The molecule has 0 spiro atoms. The Bertz CT molecular complexity index is 335. The molecule has 0 saturated heterocycles. The molecule has 1 N–H and O–H groups in total. The molecule has 0 radical (unpaired) electrons. The molecule has 0 aliphatic heterocycles. The molecular weight excluding hydrogens is 184 g/mol. The average molecular weight is 202 g/mol. The lowest BCUT2D eigenvalue weighted by atomic mass is 9.89. The summed E-state index contributed by atoms with van der Waals surface area (Å²) in [6.07, 6.45) is 11.2. The van der Waals surface area contributed by atoms with Crippen molar-refractivity contribution in [1.82, 2.24) is 0 Å². The number of allylic oxidation sites excluding steroid dienone is 1. The van der Waals surface area contributed by atoms with Crippen molar-refractivity contribution in [2.75, 3.05) is 0 Å². The predicted molar refractivity (Wildman–Crippen MR) is 63.7 cm³/mol. The van der Waals surface area contributed by atoms with E-state index in [9.17, 15) is 5.11 Å². The van der Waals surface area contributed by atoms with Gasteiger partial charge < -0.3 is 5.11 Å². The van der Waals surface area contributed by atoms with E-state index in [0.29, 0.717) is 5.75 Å². The van der Waals surface area contributed by atoms with Crippen molar-refractivity contribution in [3.63, 3.8) is 0 Å². The normalized spacial score (nSPS) is 18.4. The van der Waals surface area contributed by atoms with Crippen molar-refractivity contribution in [3.8, 4) is 5.75 Å². The second kappa shape index (κ2) is 5.01. The first kappa shape index (κ1) is 10.3. The Hall–Kier alpha value is -1.24. The van der Waals surface area contributed by atoms with E-state index in [4.69, 9.17) is 0 Å². The molecule has 2 rings (SSSR count). The highest BCUT2D eigenvalue weighted by Gasteiger charge is 2.09. The van der Waals surface area contributed by atoms with Crippen LogP contribution in [0, 0.1) is 5.92 Å². The van der Waals surface area contributed by atoms with Crippen LogP contribution in [0.4, 0.5) is 0 Å². The van der Waals surface area contributed by atoms with Gasteiger partial charge >= 0.3 is 0 Å². The summed E-state index contributed by atoms with van der Waals surface area (Å²) in [4.78, 5) is 0. The first-order valence-corrected chi connectivity index (χ1v) is 5.82. The zero-order valence-corrected chi connectivity index (χ0v) is 9.02. The Kier molecular flexibility index (Phi) is 3.44. The molecule has 0 bridgehead atoms. The van der Waals surface area contributed by atoms with Crippen LogP contribution in [-0.2, 0) is 0 Å². The van der Waals surface area contributed by atoms with Crippen molar-refractivity contribution in [3.05, 3.63) is 35.9 Å². The van der Waals surface area contributed by atoms with Crippen LogP contribution >= 0.6 is 0 Å². The Morgan fingerprint density at radius 2 is 1.93 bits per heavy atom. The summed E-state index contributed by atoms with van der Waals surface area (Å²) in [6, 6.07) is 7.42. The van der Waals surface area contributed by atoms with Gasteiger partial charge in [-0.25, -0.2) is 0 Å². The minimum Gasteiger partial charge on any atom is -0.508 e. The predicted octanol–water partition coefficient (Wildman–Crippen LogP) is 3.99. The van der Waals surface area contributed by atoms with E-state index in [1.165, 1.54) is 32.1 Å². The summed E-state index contributed by atoms with van der Waals surface area (Å²) in [6.45, 7) is 0. The Morgan fingerprint density at radius 3 is 2.67 bits per heavy atom. The SMILES string of the molecule is Oc1cccc(/C=C/C2CCCCC2)c1. The second-order valence-electron chi connectivity index (χ2n) is 4.35. The third-order valence-electron chi connectivity index (χ3n) is 3.08. The molecule has 0 amide bonds. The van der Waals surface area contributed by atoms with Gasteiger partial charge in [0.2, 0.25) is 0 Å². The van der Waals surface area contributed by atoms with Crippen LogP contribution in [0.15, 0.2) is 30.3 Å². The Labute approximate surface area is 91.4 Å². The molecule has 0 aromatic heterocycles. The molecule has 1 aromatic carbocycles. The van der Waals surface area contributed by atoms with Crippen LogP contribution in [-0.4, -0.2) is 5.11 Å². The summed E-state index contributed by atoms with van der Waals surface area (Å²) >= 11 is 0. The zero-order valence-electron chi connectivity index (χ0n) is 9.02. The highest BCUT2D eigenvalue weighted by atomic mass is 16.3. The molecule has 0 heterocycles. The van der Waals surface area contributed by atoms with Gasteiger partial charge in [0.15, 0.2) is 0 Å². The monoisotopic (exact) mass is 202 g/mol. The first-order valence-electron chi connectivity index (χ1n) is 5.82. The molecule has 1 saturated carbocycles. The van der Waals surface area contributed by atoms with Gasteiger partial charge in [-0.3, -0.25) is 0 Å². The summed E-state index contributed by atoms with van der Waals surface area (Å²) in [7, 11) is 0. The fraction of sp³-hybridized carbons (Fsp3) is 0.429. The molecule has 1 aliphatic carbocycles. The number of rotatable bonds is 2. The summed E-state index contributed by atoms with van der Waals surface area (Å²) in [5.74, 6) is 1.10. The number of phenolic OH excluding ortho intramolecular Hbond substituents is 1. The third-order valence-corrected chi connectivity index (χ3v) is 3.08. The Balaban J connectivity index is 1.97. The van der Waals surface area contributed by atoms with Crippen LogP contribution in [0.3, 0.4) is 0 Å². The van der Waals surface area contributed by atoms with E-state index < -0.39 is 0 Å². The number of benzene rings is 1. The van der Waals surface area contributed by atoms with Gasteiger partial charge in [-0.15, -0.1) is 0 Å². The topological polar surface area (TPSA) is 20.2 Å². The fourth-order valence-electron chi connectivity index (χ4n) is 2.20. The van der Waals surface area contributed by atoms with E-state index in [2.05, 4.69) is 12.2 Å². The maximum atomic E-state index is 9.32. The van der Waals surface area contributed by atoms with Crippen LogP contribution < -0.4 is 0 Å². The maximum absolute atomic E-state index is 9.32. The largest absolute Gasteiger partial charge is 0.508 e. The van der Waals surface area contributed by atoms with Gasteiger partial charge in [-0.2, -0.15) is 0 Å². The summed E-state index contributed by atoms with van der Waals surface area (Å²) in [5.41, 5.74) is 1.10.